The molecule has 0 spiro atoms. The molecule has 0 aromatic heterocycles. The van der Waals surface area contributed by atoms with Crippen LogP contribution in [-0.4, -0.2) is 19.3 Å². The minimum atomic E-state index is -0.418. The molecule has 0 saturated carbocycles. The van der Waals surface area contributed by atoms with Crippen LogP contribution in [0.5, 0.6) is 0 Å². The number of hydrogen-bond donors (Lipinski definition) is 1. The molecule has 3 heteroatoms. The van der Waals surface area contributed by atoms with Gasteiger partial charge in [0.25, 0.3) is 0 Å². The van der Waals surface area contributed by atoms with Crippen LogP contribution in [-0.2, 0) is 11.2 Å². The Morgan fingerprint density at radius 3 is 2.67 bits per heavy atom. The molecular weight excluding hydrogens is 193 g/mol. The molecule has 0 aliphatic carbocycles. The average Bonchev–Trinajstić information content (AvgIpc) is 2.18. The fourth-order valence-electron chi connectivity index (χ4n) is 1.50. The third-order valence-corrected chi connectivity index (χ3v) is 2.43. The minimum absolute atomic E-state index is 0.188. The van der Waals surface area contributed by atoms with Crippen molar-refractivity contribution in [3.05, 3.63) is 35.6 Å². The lowest BCUT2D eigenvalue weighted by molar-refractivity contribution is 0.171. The third kappa shape index (κ3) is 3.98. The maximum atomic E-state index is 13.4. The first kappa shape index (κ1) is 12.1. The van der Waals surface area contributed by atoms with E-state index in [9.17, 15) is 4.39 Å². The lowest BCUT2D eigenvalue weighted by atomic mass is 9.91. The van der Waals surface area contributed by atoms with Gasteiger partial charge >= 0.3 is 0 Å². The molecule has 1 rings (SSSR count). The third-order valence-electron chi connectivity index (χ3n) is 2.43. The van der Waals surface area contributed by atoms with Gasteiger partial charge in [-0.15, -0.1) is 0 Å². The maximum Gasteiger partial charge on any atom is 0.126 e. The van der Waals surface area contributed by atoms with E-state index in [1.54, 1.807) is 19.2 Å². The Hall–Kier alpha value is -0.930. The van der Waals surface area contributed by atoms with Crippen molar-refractivity contribution in [2.45, 2.75) is 25.3 Å². The van der Waals surface area contributed by atoms with Gasteiger partial charge in [0.1, 0.15) is 5.82 Å². The number of benzene rings is 1. The van der Waals surface area contributed by atoms with Crippen molar-refractivity contribution in [3.63, 3.8) is 0 Å². The van der Waals surface area contributed by atoms with Crippen molar-refractivity contribution in [3.8, 4) is 0 Å². The number of rotatable bonds is 5. The van der Waals surface area contributed by atoms with Gasteiger partial charge in [-0.25, -0.2) is 4.39 Å². The lowest BCUT2D eigenvalue weighted by Crippen LogP contribution is -2.39. The molecule has 2 N–H and O–H groups in total. The molecule has 0 radical (unpaired) electrons. The topological polar surface area (TPSA) is 35.2 Å². The van der Waals surface area contributed by atoms with Crippen molar-refractivity contribution in [1.82, 2.24) is 0 Å². The second-order valence-corrected chi connectivity index (χ2v) is 4.17. The van der Waals surface area contributed by atoms with Crippen LogP contribution in [0.15, 0.2) is 24.3 Å². The van der Waals surface area contributed by atoms with E-state index in [0.29, 0.717) is 18.6 Å². The fourth-order valence-corrected chi connectivity index (χ4v) is 1.50. The summed E-state index contributed by atoms with van der Waals surface area (Å²) in [6, 6.07) is 6.74. The number of methoxy groups -OCH3 is 1. The van der Waals surface area contributed by atoms with Crippen molar-refractivity contribution in [2.75, 3.05) is 13.7 Å². The van der Waals surface area contributed by atoms with Crippen LogP contribution >= 0.6 is 0 Å². The zero-order valence-electron chi connectivity index (χ0n) is 9.29. The predicted molar refractivity (Wildman–Crippen MR) is 59.2 cm³/mol. The summed E-state index contributed by atoms with van der Waals surface area (Å²) in [6.07, 6.45) is 1.25. The van der Waals surface area contributed by atoms with E-state index >= 15 is 0 Å². The first-order valence-electron chi connectivity index (χ1n) is 5.06. The van der Waals surface area contributed by atoms with E-state index in [-0.39, 0.29) is 5.82 Å². The van der Waals surface area contributed by atoms with Crippen LogP contribution in [0.25, 0.3) is 0 Å². The summed E-state index contributed by atoms with van der Waals surface area (Å²) in [7, 11) is 1.64. The summed E-state index contributed by atoms with van der Waals surface area (Å²) >= 11 is 0. The minimum Gasteiger partial charge on any atom is -0.385 e. The van der Waals surface area contributed by atoms with E-state index in [1.165, 1.54) is 6.07 Å². The Kier molecular flexibility index (Phi) is 4.24. The maximum absolute atomic E-state index is 13.4. The summed E-state index contributed by atoms with van der Waals surface area (Å²) in [5, 5.41) is 0. The van der Waals surface area contributed by atoms with E-state index in [1.807, 2.05) is 13.0 Å². The highest BCUT2D eigenvalue weighted by atomic mass is 19.1. The Labute approximate surface area is 90.2 Å². The molecular formula is C12H18FNO. The van der Waals surface area contributed by atoms with Gasteiger partial charge in [-0.1, -0.05) is 18.2 Å². The van der Waals surface area contributed by atoms with Gasteiger partial charge in [-0.3, -0.25) is 0 Å². The Morgan fingerprint density at radius 2 is 2.07 bits per heavy atom. The molecule has 84 valence electrons. The van der Waals surface area contributed by atoms with Crippen molar-refractivity contribution in [2.24, 2.45) is 5.73 Å². The molecule has 0 fully saturated rings. The number of ether oxygens (including phenoxy) is 1. The molecule has 0 bridgehead atoms. The fraction of sp³-hybridized carbons (Fsp3) is 0.500. The van der Waals surface area contributed by atoms with Gasteiger partial charge in [0.05, 0.1) is 0 Å². The van der Waals surface area contributed by atoms with Gasteiger partial charge in [-0.05, 0) is 31.4 Å². The van der Waals surface area contributed by atoms with Crippen LogP contribution in [0.3, 0.4) is 0 Å². The Morgan fingerprint density at radius 1 is 1.40 bits per heavy atom. The van der Waals surface area contributed by atoms with Gasteiger partial charge in [0.2, 0.25) is 0 Å². The van der Waals surface area contributed by atoms with Gasteiger partial charge in [0, 0.05) is 19.3 Å². The van der Waals surface area contributed by atoms with Crippen molar-refractivity contribution < 1.29 is 9.13 Å². The molecule has 0 aliphatic rings. The Bertz CT molecular complexity index is 312. The smallest absolute Gasteiger partial charge is 0.126 e. The summed E-state index contributed by atoms with van der Waals surface area (Å²) in [5.41, 5.74) is 6.30. The molecule has 1 aromatic carbocycles. The van der Waals surface area contributed by atoms with E-state index < -0.39 is 5.54 Å². The molecule has 1 unspecified atom stereocenters. The van der Waals surface area contributed by atoms with Crippen LogP contribution in [0.2, 0.25) is 0 Å². The SMILES string of the molecule is COCCC(C)(N)Cc1ccccc1F. The number of halogens is 1. The normalized spacial score (nSPS) is 14.9. The first-order chi connectivity index (χ1) is 7.05. The van der Waals surface area contributed by atoms with Gasteiger partial charge < -0.3 is 10.5 Å². The van der Waals surface area contributed by atoms with Crippen LogP contribution < -0.4 is 5.73 Å². The van der Waals surface area contributed by atoms with E-state index in [0.717, 1.165) is 6.42 Å². The molecule has 1 aromatic rings. The summed E-state index contributed by atoms with van der Waals surface area (Å²) < 4.78 is 18.3. The van der Waals surface area contributed by atoms with Crippen LogP contribution in [0, 0.1) is 5.82 Å². The number of nitrogens with two attached hydrogens (primary N) is 1. The molecule has 15 heavy (non-hydrogen) atoms. The summed E-state index contributed by atoms with van der Waals surface area (Å²) in [4.78, 5) is 0. The highest BCUT2D eigenvalue weighted by Crippen LogP contribution is 2.16. The predicted octanol–water partition coefficient (Wildman–Crippen LogP) is 2.12. The monoisotopic (exact) mass is 211 g/mol. The standard InChI is InChI=1S/C12H18FNO/c1-12(14,7-8-15-2)9-10-5-3-4-6-11(10)13/h3-6H,7-9,14H2,1-2H3. The quantitative estimate of drug-likeness (QED) is 0.809. The van der Waals surface area contributed by atoms with Gasteiger partial charge in [-0.2, -0.15) is 0 Å². The summed E-state index contributed by atoms with van der Waals surface area (Å²) in [5.74, 6) is -0.188. The highest BCUT2D eigenvalue weighted by molar-refractivity contribution is 5.19. The second-order valence-electron chi connectivity index (χ2n) is 4.17. The number of hydrogen-bond acceptors (Lipinski definition) is 2. The molecule has 0 amide bonds. The molecule has 0 heterocycles. The molecule has 0 saturated heterocycles. The first-order valence-corrected chi connectivity index (χ1v) is 5.06. The van der Waals surface area contributed by atoms with E-state index in [4.69, 9.17) is 10.5 Å². The molecule has 0 aliphatic heterocycles. The zero-order valence-corrected chi connectivity index (χ0v) is 9.29. The second kappa shape index (κ2) is 5.24. The summed E-state index contributed by atoms with van der Waals surface area (Å²) in [6.45, 7) is 2.51. The van der Waals surface area contributed by atoms with Crippen LogP contribution in [0.4, 0.5) is 4.39 Å². The molecule has 1 atom stereocenters. The van der Waals surface area contributed by atoms with E-state index in [2.05, 4.69) is 0 Å². The highest BCUT2D eigenvalue weighted by Gasteiger charge is 2.20. The van der Waals surface area contributed by atoms with Crippen molar-refractivity contribution in [1.29, 1.82) is 0 Å². The average molecular weight is 211 g/mol. The van der Waals surface area contributed by atoms with Crippen molar-refractivity contribution >= 4 is 0 Å². The largest absolute Gasteiger partial charge is 0.385 e. The van der Waals surface area contributed by atoms with Crippen LogP contribution in [0.1, 0.15) is 18.9 Å². The Balaban J connectivity index is 2.64. The lowest BCUT2D eigenvalue weighted by Gasteiger charge is -2.24. The molecule has 2 nitrogen and oxygen atoms in total. The zero-order chi connectivity index (χ0) is 11.3. The van der Waals surface area contributed by atoms with Gasteiger partial charge in [0.15, 0.2) is 0 Å².